The molecule has 0 radical (unpaired) electrons. The van der Waals surface area contributed by atoms with Crippen molar-refractivity contribution in [3.8, 4) is 23.0 Å². The Balaban J connectivity index is 1.68. The van der Waals surface area contributed by atoms with E-state index in [-0.39, 0.29) is 29.6 Å². The van der Waals surface area contributed by atoms with Crippen LogP contribution in [0.1, 0.15) is 23.2 Å². The van der Waals surface area contributed by atoms with Crippen LogP contribution in [-0.4, -0.2) is 34.8 Å². The maximum atomic E-state index is 12.4. The van der Waals surface area contributed by atoms with E-state index in [1.807, 2.05) is 6.92 Å². The van der Waals surface area contributed by atoms with Gasteiger partial charge in [-0.15, -0.1) is 10.2 Å². The third kappa shape index (κ3) is 4.74. The lowest BCUT2D eigenvalue weighted by molar-refractivity contribution is -0.384. The summed E-state index contributed by atoms with van der Waals surface area (Å²) in [4.78, 5) is 22.6. The number of ether oxygens (including phenoxy) is 3. The summed E-state index contributed by atoms with van der Waals surface area (Å²) in [7, 11) is 1.47. The number of nitro benzene ring substituents is 1. The van der Waals surface area contributed by atoms with Gasteiger partial charge in [0.25, 0.3) is 11.6 Å². The van der Waals surface area contributed by atoms with Crippen molar-refractivity contribution in [1.82, 2.24) is 10.2 Å². The van der Waals surface area contributed by atoms with Crippen LogP contribution in [0.4, 0.5) is 5.69 Å². The Labute approximate surface area is 179 Å². The average molecular weight is 478 g/mol. The van der Waals surface area contributed by atoms with Crippen LogP contribution in [-0.2, 0) is 11.3 Å². The highest BCUT2D eigenvalue weighted by Gasteiger charge is 2.18. The van der Waals surface area contributed by atoms with Crippen molar-refractivity contribution in [1.29, 1.82) is 0 Å². The third-order valence-electron chi connectivity index (χ3n) is 3.87. The lowest BCUT2D eigenvalue weighted by Crippen LogP contribution is -2.07. The first-order valence-corrected chi connectivity index (χ1v) is 9.47. The molecular formula is C19H16BrN3O7. The molecule has 0 saturated heterocycles. The molecular weight excluding hydrogens is 462 g/mol. The summed E-state index contributed by atoms with van der Waals surface area (Å²) in [6.07, 6.45) is 0. The van der Waals surface area contributed by atoms with Gasteiger partial charge in [-0.2, -0.15) is 0 Å². The molecule has 0 amide bonds. The lowest BCUT2D eigenvalue weighted by atomic mass is 10.2. The summed E-state index contributed by atoms with van der Waals surface area (Å²) >= 11 is 3.35. The predicted molar refractivity (Wildman–Crippen MR) is 107 cm³/mol. The Kier molecular flexibility index (Phi) is 6.62. The van der Waals surface area contributed by atoms with Gasteiger partial charge in [0.15, 0.2) is 18.1 Å². The van der Waals surface area contributed by atoms with E-state index < -0.39 is 10.9 Å². The Morgan fingerprint density at radius 2 is 1.97 bits per heavy atom. The molecule has 0 spiro atoms. The predicted octanol–water partition coefficient (Wildman–Crippen LogP) is 4.17. The van der Waals surface area contributed by atoms with E-state index in [1.165, 1.54) is 37.4 Å². The quantitative estimate of drug-likeness (QED) is 0.266. The number of carbonyl (C=O) groups is 1. The largest absolute Gasteiger partial charge is 0.493 e. The van der Waals surface area contributed by atoms with Crippen molar-refractivity contribution < 1.29 is 28.3 Å². The number of benzene rings is 2. The minimum Gasteiger partial charge on any atom is -0.493 e. The number of nitrogens with zero attached hydrogens (tertiary/aromatic N) is 3. The molecule has 0 bridgehead atoms. The highest BCUT2D eigenvalue weighted by atomic mass is 79.9. The number of hydrogen-bond donors (Lipinski definition) is 0. The Bertz CT molecular complexity index is 1070. The fraction of sp³-hybridized carbons (Fsp3) is 0.211. The van der Waals surface area contributed by atoms with Crippen LogP contribution in [0.25, 0.3) is 11.5 Å². The second kappa shape index (κ2) is 9.35. The molecule has 0 fully saturated rings. The van der Waals surface area contributed by atoms with E-state index in [0.717, 1.165) is 0 Å². The molecule has 2 aromatic carbocycles. The van der Waals surface area contributed by atoms with Crippen molar-refractivity contribution in [2.24, 2.45) is 0 Å². The van der Waals surface area contributed by atoms with Gasteiger partial charge in [0.2, 0.25) is 5.89 Å². The van der Waals surface area contributed by atoms with Gasteiger partial charge in [-0.3, -0.25) is 10.1 Å². The van der Waals surface area contributed by atoms with Crippen LogP contribution >= 0.6 is 15.9 Å². The average Bonchev–Trinajstić information content (AvgIpc) is 3.22. The zero-order chi connectivity index (χ0) is 21.7. The van der Waals surface area contributed by atoms with Gasteiger partial charge in [0, 0.05) is 17.7 Å². The molecule has 1 aromatic heterocycles. The minimum absolute atomic E-state index is 0.0515. The number of nitro groups is 1. The molecule has 1 heterocycles. The van der Waals surface area contributed by atoms with Gasteiger partial charge in [-0.1, -0.05) is 0 Å². The first kappa shape index (κ1) is 21.2. The van der Waals surface area contributed by atoms with Gasteiger partial charge in [-0.05, 0) is 47.1 Å². The van der Waals surface area contributed by atoms with Crippen LogP contribution in [0.2, 0.25) is 0 Å². The minimum atomic E-state index is -0.618. The van der Waals surface area contributed by atoms with Crippen LogP contribution in [0.15, 0.2) is 45.3 Å². The van der Waals surface area contributed by atoms with Crippen molar-refractivity contribution in [3.05, 3.63) is 62.4 Å². The molecule has 0 aliphatic heterocycles. The maximum absolute atomic E-state index is 12.4. The number of non-ortho nitro benzene ring substituents is 1. The van der Waals surface area contributed by atoms with Gasteiger partial charge in [0.1, 0.15) is 0 Å². The SMILES string of the molecule is CCOc1c(Br)cc(C(=O)OCc2nnc(-c3ccc([N+](=O)[O-])cc3)o2)cc1OC. The highest BCUT2D eigenvalue weighted by molar-refractivity contribution is 9.10. The molecule has 0 atom stereocenters. The zero-order valence-electron chi connectivity index (χ0n) is 16.0. The van der Waals surface area contributed by atoms with Crippen LogP contribution in [0.5, 0.6) is 11.5 Å². The molecule has 30 heavy (non-hydrogen) atoms. The van der Waals surface area contributed by atoms with E-state index in [9.17, 15) is 14.9 Å². The van der Waals surface area contributed by atoms with E-state index in [0.29, 0.717) is 28.1 Å². The normalized spacial score (nSPS) is 10.5. The summed E-state index contributed by atoms with van der Waals surface area (Å²) in [6, 6.07) is 8.71. The summed E-state index contributed by atoms with van der Waals surface area (Å²) in [5.74, 6) is 0.486. The Morgan fingerprint density at radius 3 is 2.60 bits per heavy atom. The fourth-order valence-electron chi connectivity index (χ4n) is 2.49. The van der Waals surface area contributed by atoms with Crippen LogP contribution < -0.4 is 9.47 Å². The number of aromatic nitrogens is 2. The molecule has 11 heteroatoms. The first-order valence-electron chi connectivity index (χ1n) is 8.67. The van der Waals surface area contributed by atoms with E-state index in [2.05, 4.69) is 26.1 Å². The monoisotopic (exact) mass is 477 g/mol. The molecule has 0 N–H and O–H groups in total. The molecule has 0 aliphatic rings. The third-order valence-corrected chi connectivity index (χ3v) is 4.46. The second-order valence-corrected chi connectivity index (χ2v) is 6.66. The second-order valence-electron chi connectivity index (χ2n) is 5.80. The standard InChI is InChI=1S/C19H16BrN3O7/c1-3-28-17-14(20)8-12(9-15(17)27-2)19(24)29-10-16-21-22-18(30-16)11-4-6-13(7-5-11)23(25)26/h4-9H,3,10H2,1-2H3. The van der Waals surface area contributed by atoms with Crippen molar-refractivity contribution in [3.63, 3.8) is 0 Å². The zero-order valence-corrected chi connectivity index (χ0v) is 17.5. The van der Waals surface area contributed by atoms with E-state index in [4.69, 9.17) is 18.6 Å². The summed E-state index contributed by atoms with van der Waals surface area (Å²) in [5.41, 5.74) is 0.701. The lowest BCUT2D eigenvalue weighted by Gasteiger charge is -2.12. The van der Waals surface area contributed by atoms with Crippen molar-refractivity contribution in [2.75, 3.05) is 13.7 Å². The summed E-state index contributed by atoms with van der Waals surface area (Å²) in [6.45, 7) is 2.03. The molecule has 10 nitrogen and oxygen atoms in total. The Morgan fingerprint density at radius 1 is 1.23 bits per heavy atom. The van der Waals surface area contributed by atoms with E-state index in [1.54, 1.807) is 6.07 Å². The highest BCUT2D eigenvalue weighted by Crippen LogP contribution is 2.37. The summed E-state index contributed by atoms with van der Waals surface area (Å²) < 4.78 is 22.0. The molecule has 156 valence electrons. The van der Waals surface area contributed by atoms with Crippen molar-refractivity contribution >= 4 is 27.6 Å². The molecule has 0 aliphatic carbocycles. The number of carbonyl (C=O) groups excluding carboxylic acids is 1. The van der Waals surface area contributed by atoms with Gasteiger partial charge < -0.3 is 18.6 Å². The first-order chi connectivity index (χ1) is 14.4. The van der Waals surface area contributed by atoms with Crippen molar-refractivity contribution in [2.45, 2.75) is 13.5 Å². The van der Waals surface area contributed by atoms with Gasteiger partial charge >= 0.3 is 5.97 Å². The number of hydrogen-bond acceptors (Lipinski definition) is 9. The molecule has 0 unspecified atom stereocenters. The Hall–Kier alpha value is -3.47. The maximum Gasteiger partial charge on any atom is 0.338 e. The number of methoxy groups -OCH3 is 1. The molecule has 0 saturated carbocycles. The number of rotatable bonds is 8. The van der Waals surface area contributed by atoms with Crippen LogP contribution in [0.3, 0.4) is 0 Å². The van der Waals surface area contributed by atoms with Gasteiger partial charge in [-0.25, -0.2) is 4.79 Å². The smallest absolute Gasteiger partial charge is 0.338 e. The fourth-order valence-corrected chi connectivity index (χ4v) is 3.04. The number of esters is 1. The molecule has 3 aromatic rings. The molecule has 3 rings (SSSR count). The topological polar surface area (TPSA) is 127 Å². The van der Waals surface area contributed by atoms with E-state index >= 15 is 0 Å². The van der Waals surface area contributed by atoms with Gasteiger partial charge in [0.05, 0.1) is 28.7 Å². The number of halogens is 1. The summed E-state index contributed by atoms with van der Waals surface area (Å²) in [5, 5.41) is 18.4. The van der Waals surface area contributed by atoms with Crippen LogP contribution in [0, 0.1) is 10.1 Å².